The maximum Gasteiger partial charge on any atom is 0.255 e. The minimum atomic E-state index is -0.727. The van der Waals surface area contributed by atoms with E-state index >= 15 is 0 Å². The Hall–Kier alpha value is -1.52. The standard InChI is InChI=1S/C9H15N3O2/c1-4(2)3-5-7(13)6(9(11)14)8(10)12-5/h4-5,13H,3H2,1-2H3,(H2,10,12)(H2,11,14). The zero-order chi connectivity index (χ0) is 10.9. The summed E-state index contributed by atoms with van der Waals surface area (Å²) in [6, 6.07) is -0.405. The predicted molar refractivity (Wildman–Crippen MR) is 53.7 cm³/mol. The summed E-state index contributed by atoms with van der Waals surface area (Å²) in [4.78, 5) is 14.9. The van der Waals surface area contributed by atoms with Gasteiger partial charge in [0.1, 0.15) is 23.2 Å². The van der Waals surface area contributed by atoms with Crippen LogP contribution >= 0.6 is 0 Å². The lowest BCUT2D eigenvalue weighted by molar-refractivity contribution is -0.114. The van der Waals surface area contributed by atoms with Crippen LogP contribution in [-0.4, -0.2) is 22.9 Å². The number of aliphatic hydroxyl groups excluding tert-OH is 1. The van der Waals surface area contributed by atoms with Gasteiger partial charge in [0.15, 0.2) is 0 Å². The molecule has 1 aliphatic heterocycles. The van der Waals surface area contributed by atoms with Gasteiger partial charge >= 0.3 is 0 Å². The molecule has 1 aliphatic rings. The molecular weight excluding hydrogens is 182 g/mol. The van der Waals surface area contributed by atoms with Gasteiger partial charge in [-0.2, -0.15) is 0 Å². The van der Waals surface area contributed by atoms with Gasteiger partial charge in [0, 0.05) is 0 Å². The predicted octanol–water partition coefficient (Wildman–Crippen LogP) is 0.0693. The first-order valence-corrected chi connectivity index (χ1v) is 4.50. The summed E-state index contributed by atoms with van der Waals surface area (Å²) < 4.78 is 0. The van der Waals surface area contributed by atoms with E-state index in [1.54, 1.807) is 0 Å². The van der Waals surface area contributed by atoms with Crippen molar-refractivity contribution < 1.29 is 9.90 Å². The first-order valence-electron chi connectivity index (χ1n) is 4.50. The van der Waals surface area contributed by atoms with Gasteiger partial charge in [-0.05, 0) is 12.3 Å². The van der Waals surface area contributed by atoms with Gasteiger partial charge in [0.25, 0.3) is 5.91 Å². The Morgan fingerprint density at radius 1 is 1.64 bits per heavy atom. The summed E-state index contributed by atoms with van der Waals surface area (Å²) in [5, 5.41) is 9.62. The van der Waals surface area contributed by atoms with Crippen LogP contribution < -0.4 is 11.5 Å². The van der Waals surface area contributed by atoms with Crippen molar-refractivity contribution in [3.63, 3.8) is 0 Å². The van der Waals surface area contributed by atoms with E-state index < -0.39 is 11.9 Å². The third-order valence-corrected chi connectivity index (χ3v) is 2.06. The highest BCUT2D eigenvalue weighted by Crippen LogP contribution is 2.23. The number of carbonyl (C=O) groups is 1. The molecule has 1 unspecified atom stereocenters. The van der Waals surface area contributed by atoms with Gasteiger partial charge in [0.2, 0.25) is 0 Å². The Kier molecular flexibility index (Phi) is 2.78. The van der Waals surface area contributed by atoms with Crippen LogP contribution in [0.4, 0.5) is 0 Å². The lowest BCUT2D eigenvalue weighted by Gasteiger charge is -2.09. The topological polar surface area (TPSA) is 102 Å². The summed E-state index contributed by atoms with van der Waals surface area (Å²) in [5.41, 5.74) is 10.5. The van der Waals surface area contributed by atoms with Crippen molar-refractivity contribution in [2.24, 2.45) is 22.4 Å². The van der Waals surface area contributed by atoms with E-state index in [1.807, 2.05) is 13.8 Å². The van der Waals surface area contributed by atoms with Gasteiger partial charge in [-0.25, -0.2) is 0 Å². The maximum atomic E-state index is 10.9. The Bertz CT molecular complexity index is 318. The number of nitrogens with zero attached hydrogens (tertiary/aromatic N) is 1. The lowest BCUT2D eigenvalue weighted by Crippen LogP contribution is -2.25. The fourth-order valence-electron chi connectivity index (χ4n) is 1.45. The van der Waals surface area contributed by atoms with Gasteiger partial charge in [-0.15, -0.1) is 0 Å². The second kappa shape index (κ2) is 3.69. The average molecular weight is 197 g/mol. The number of primary amides is 1. The van der Waals surface area contributed by atoms with E-state index in [9.17, 15) is 9.90 Å². The van der Waals surface area contributed by atoms with E-state index in [1.165, 1.54) is 0 Å². The number of carbonyl (C=O) groups excluding carboxylic acids is 1. The zero-order valence-corrected chi connectivity index (χ0v) is 8.32. The van der Waals surface area contributed by atoms with Crippen molar-refractivity contribution in [1.29, 1.82) is 0 Å². The van der Waals surface area contributed by atoms with E-state index in [0.29, 0.717) is 12.3 Å². The van der Waals surface area contributed by atoms with Crippen LogP contribution in [0.5, 0.6) is 0 Å². The molecule has 14 heavy (non-hydrogen) atoms. The van der Waals surface area contributed by atoms with E-state index in [4.69, 9.17) is 11.5 Å². The van der Waals surface area contributed by atoms with E-state index in [0.717, 1.165) is 0 Å². The van der Waals surface area contributed by atoms with Crippen LogP contribution in [0.2, 0.25) is 0 Å². The molecule has 1 atom stereocenters. The quantitative estimate of drug-likeness (QED) is 0.596. The lowest BCUT2D eigenvalue weighted by atomic mass is 10.0. The molecule has 0 saturated heterocycles. The zero-order valence-electron chi connectivity index (χ0n) is 8.32. The molecule has 5 nitrogen and oxygen atoms in total. The van der Waals surface area contributed by atoms with Gasteiger partial charge in [-0.1, -0.05) is 13.8 Å². The molecule has 1 amide bonds. The van der Waals surface area contributed by atoms with Gasteiger partial charge in [0.05, 0.1) is 0 Å². The van der Waals surface area contributed by atoms with Crippen LogP contribution in [0.25, 0.3) is 0 Å². The van der Waals surface area contributed by atoms with Crippen LogP contribution in [0.15, 0.2) is 16.3 Å². The summed E-state index contributed by atoms with van der Waals surface area (Å²) in [5.74, 6) is -0.412. The molecule has 0 bridgehead atoms. The third-order valence-electron chi connectivity index (χ3n) is 2.06. The number of hydrogen-bond donors (Lipinski definition) is 3. The molecule has 0 aromatic heterocycles. The number of amides is 1. The van der Waals surface area contributed by atoms with Crippen molar-refractivity contribution in [3.8, 4) is 0 Å². The molecule has 1 heterocycles. The van der Waals surface area contributed by atoms with Crippen molar-refractivity contribution in [2.75, 3.05) is 0 Å². The smallest absolute Gasteiger partial charge is 0.255 e. The summed E-state index contributed by atoms with van der Waals surface area (Å²) in [7, 11) is 0. The second-order valence-corrected chi connectivity index (χ2v) is 3.78. The Labute approximate surface area is 82.5 Å². The molecule has 5 N–H and O–H groups in total. The summed E-state index contributed by atoms with van der Waals surface area (Å²) in [6.45, 7) is 4.00. The molecule has 0 spiro atoms. The molecular formula is C9H15N3O2. The molecule has 0 fully saturated rings. The summed E-state index contributed by atoms with van der Waals surface area (Å²) in [6.07, 6.45) is 0.656. The van der Waals surface area contributed by atoms with Gasteiger partial charge in [-0.3, -0.25) is 9.79 Å². The van der Waals surface area contributed by atoms with Crippen LogP contribution in [0.1, 0.15) is 20.3 Å². The molecule has 78 valence electrons. The highest BCUT2D eigenvalue weighted by Gasteiger charge is 2.29. The minimum absolute atomic E-state index is 0.0318. The number of hydrogen-bond acceptors (Lipinski definition) is 4. The third kappa shape index (κ3) is 1.86. The number of nitrogens with two attached hydrogens (primary N) is 2. The Balaban J connectivity index is 2.91. The second-order valence-electron chi connectivity index (χ2n) is 3.78. The highest BCUT2D eigenvalue weighted by atomic mass is 16.3. The number of aliphatic imine (C=N–C) groups is 1. The fourth-order valence-corrected chi connectivity index (χ4v) is 1.45. The summed E-state index contributed by atoms with van der Waals surface area (Å²) >= 11 is 0. The highest BCUT2D eigenvalue weighted by molar-refractivity contribution is 6.21. The largest absolute Gasteiger partial charge is 0.509 e. The van der Waals surface area contributed by atoms with Crippen LogP contribution in [-0.2, 0) is 4.79 Å². The number of aliphatic hydroxyl groups is 1. The van der Waals surface area contributed by atoms with Crippen molar-refractivity contribution in [2.45, 2.75) is 26.3 Å². The molecule has 0 aromatic rings. The molecule has 5 heteroatoms. The first-order chi connectivity index (χ1) is 6.43. The monoisotopic (exact) mass is 197 g/mol. The number of amidine groups is 1. The average Bonchev–Trinajstić information content (AvgIpc) is 2.25. The molecule has 0 saturated carbocycles. The Morgan fingerprint density at radius 2 is 2.21 bits per heavy atom. The van der Waals surface area contributed by atoms with E-state index in [-0.39, 0.29) is 17.2 Å². The van der Waals surface area contributed by atoms with Crippen molar-refractivity contribution >= 4 is 11.7 Å². The van der Waals surface area contributed by atoms with Crippen LogP contribution in [0, 0.1) is 5.92 Å². The van der Waals surface area contributed by atoms with Gasteiger partial charge < -0.3 is 16.6 Å². The molecule has 0 aliphatic carbocycles. The maximum absolute atomic E-state index is 10.9. The normalized spacial score (nSPS) is 21.6. The van der Waals surface area contributed by atoms with E-state index in [2.05, 4.69) is 4.99 Å². The van der Waals surface area contributed by atoms with Crippen LogP contribution in [0.3, 0.4) is 0 Å². The molecule has 0 radical (unpaired) electrons. The van der Waals surface area contributed by atoms with Crippen molar-refractivity contribution in [3.05, 3.63) is 11.3 Å². The molecule has 0 aromatic carbocycles. The van der Waals surface area contributed by atoms with Crippen molar-refractivity contribution in [1.82, 2.24) is 0 Å². The molecule has 1 rings (SSSR count). The number of rotatable bonds is 3. The SMILES string of the molecule is CC(C)CC1N=C(N)C(C(N)=O)=C1O. The first kappa shape index (κ1) is 10.6. The fraction of sp³-hybridized carbons (Fsp3) is 0.556. The Morgan fingerprint density at radius 3 is 2.57 bits per heavy atom. The minimum Gasteiger partial charge on any atom is -0.509 e.